The maximum absolute atomic E-state index is 11.1. The summed E-state index contributed by atoms with van der Waals surface area (Å²) in [5.74, 6) is 0.475. The highest BCUT2D eigenvalue weighted by Crippen LogP contribution is 2.24. The molecule has 1 aliphatic carbocycles. The van der Waals surface area contributed by atoms with Crippen LogP contribution >= 0.6 is 0 Å². The molecule has 0 saturated heterocycles. The Bertz CT molecular complexity index is 294. The van der Waals surface area contributed by atoms with Crippen molar-refractivity contribution in [1.82, 2.24) is 4.98 Å². The Labute approximate surface area is 71.6 Å². The van der Waals surface area contributed by atoms with Gasteiger partial charge in [0.15, 0.2) is 0 Å². The van der Waals surface area contributed by atoms with E-state index in [2.05, 4.69) is 11.1 Å². The molecule has 0 aliphatic heterocycles. The molecular formula is C10H11NO. The molecule has 1 heterocycles. The Balaban J connectivity index is 2.27. The lowest BCUT2D eigenvalue weighted by Crippen LogP contribution is -2.09. The van der Waals surface area contributed by atoms with Crippen molar-refractivity contribution >= 4 is 5.78 Å². The molecule has 2 heteroatoms. The van der Waals surface area contributed by atoms with Crippen molar-refractivity contribution in [3.8, 4) is 0 Å². The minimum Gasteiger partial charge on any atom is -0.300 e. The molecule has 62 valence electrons. The average molecular weight is 161 g/mol. The van der Waals surface area contributed by atoms with Gasteiger partial charge in [-0.05, 0) is 31.4 Å². The van der Waals surface area contributed by atoms with Crippen LogP contribution in [0.25, 0.3) is 0 Å². The van der Waals surface area contributed by atoms with Gasteiger partial charge in [0.1, 0.15) is 5.78 Å². The van der Waals surface area contributed by atoms with Crippen LogP contribution in [0.2, 0.25) is 0 Å². The van der Waals surface area contributed by atoms with E-state index < -0.39 is 0 Å². The topological polar surface area (TPSA) is 30.0 Å². The largest absolute Gasteiger partial charge is 0.300 e. The van der Waals surface area contributed by atoms with Crippen LogP contribution < -0.4 is 0 Å². The Morgan fingerprint density at radius 3 is 3.08 bits per heavy atom. The molecule has 1 unspecified atom stereocenters. The minimum atomic E-state index is 0.190. The van der Waals surface area contributed by atoms with E-state index in [1.165, 1.54) is 5.56 Å². The zero-order chi connectivity index (χ0) is 8.55. The van der Waals surface area contributed by atoms with Crippen molar-refractivity contribution in [2.24, 2.45) is 5.92 Å². The van der Waals surface area contributed by atoms with Gasteiger partial charge < -0.3 is 0 Å². The lowest BCUT2D eigenvalue weighted by molar-refractivity contribution is -0.120. The van der Waals surface area contributed by atoms with Crippen LogP contribution in [0.3, 0.4) is 0 Å². The number of hydrogen-bond donors (Lipinski definition) is 0. The molecule has 1 aromatic rings. The number of Topliss-reactive ketones (excluding diaryl/α,β-unsaturated/α-hetero) is 1. The summed E-state index contributed by atoms with van der Waals surface area (Å²) in [7, 11) is 0. The van der Waals surface area contributed by atoms with Gasteiger partial charge in [-0.1, -0.05) is 6.07 Å². The first-order chi connectivity index (χ1) is 5.77. The van der Waals surface area contributed by atoms with Gasteiger partial charge in [0.2, 0.25) is 0 Å². The molecule has 1 aromatic heterocycles. The maximum atomic E-state index is 11.1. The first-order valence-electron chi connectivity index (χ1n) is 4.20. The number of hydrogen-bond acceptors (Lipinski definition) is 2. The predicted octanol–water partition coefficient (Wildman–Crippen LogP) is 1.39. The molecule has 0 aromatic carbocycles. The van der Waals surface area contributed by atoms with Gasteiger partial charge >= 0.3 is 0 Å². The van der Waals surface area contributed by atoms with E-state index in [-0.39, 0.29) is 11.7 Å². The summed E-state index contributed by atoms with van der Waals surface area (Å²) in [5.41, 5.74) is 2.36. The fraction of sp³-hybridized carbons (Fsp3) is 0.400. The summed E-state index contributed by atoms with van der Waals surface area (Å²) in [5, 5.41) is 0. The Morgan fingerprint density at radius 1 is 1.58 bits per heavy atom. The summed E-state index contributed by atoms with van der Waals surface area (Å²) in [6.45, 7) is 1.66. The number of rotatable bonds is 1. The number of carbonyl (C=O) groups is 1. The van der Waals surface area contributed by atoms with Crippen molar-refractivity contribution in [3.63, 3.8) is 0 Å². The monoisotopic (exact) mass is 161 g/mol. The van der Waals surface area contributed by atoms with Gasteiger partial charge in [0.25, 0.3) is 0 Å². The maximum Gasteiger partial charge on any atom is 0.133 e. The number of nitrogens with zero attached hydrogens (tertiary/aromatic N) is 1. The molecule has 0 saturated carbocycles. The number of pyridine rings is 1. The molecule has 0 spiro atoms. The first-order valence-corrected chi connectivity index (χ1v) is 4.20. The molecule has 0 N–H and O–H groups in total. The molecule has 1 atom stereocenters. The SMILES string of the molecule is CC(=O)C1Cc2cccnc2C1. The minimum absolute atomic E-state index is 0.190. The molecule has 2 rings (SSSR count). The normalized spacial score (nSPS) is 20.6. The van der Waals surface area contributed by atoms with Crippen molar-refractivity contribution in [2.75, 3.05) is 0 Å². The first kappa shape index (κ1) is 7.47. The molecule has 1 aliphatic rings. The van der Waals surface area contributed by atoms with Gasteiger partial charge in [0, 0.05) is 17.8 Å². The third-order valence-corrected chi connectivity index (χ3v) is 2.47. The van der Waals surface area contributed by atoms with Crippen molar-refractivity contribution in [1.29, 1.82) is 0 Å². The van der Waals surface area contributed by atoms with Gasteiger partial charge in [-0.2, -0.15) is 0 Å². The Hall–Kier alpha value is -1.18. The lowest BCUT2D eigenvalue weighted by atomic mass is 10.0. The van der Waals surface area contributed by atoms with E-state index in [4.69, 9.17) is 0 Å². The summed E-state index contributed by atoms with van der Waals surface area (Å²) in [4.78, 5) is 15.3. The number of fused-ring (bicyclic) bond motifs is 1. The van der Waals surface area contributed by atoms with Crippen LogP contribution in [0.15, 0.2) is 18.3 Å². The van der Waals surface area contributed by atoms with Crippen LogP contribution in [0.5, 0.6) is 0 Å². The fourth-order valence-corrected chi connectivity index (χ4v) is 1.70. The summed E-state index contributed by atoms with van der Waals surface area (Å²) < 4.78 is 0. The third-order valence-electron chi connectivity index (χ3n) is 2.47. The van der Waals surface area contributed by atoms with Crippen molar-refractivity contribution in [2.45, 2.75) is 19.8 Å². The lowest BCUT2D eigenvalue weighted by Gasteiger charge is -2.00. The van der Waals surface area contributed by atoms with E-state index in [9.17, 15) is 4.79 Å². The van der Waals surface area contributed by atoms with Gasteiger partial charge in [-0.3, -0.25) is 9.78 Å². The molecule has 2 nitrogen and oxygen atoms in total. The highest BCUT2D eigenvalue weighted by molar-refractivity contribution is 5.79. The fourth-order valence-electron chi connectivity index (χ4n) is 1.70. The second-order valence-electron chi connectivity index (χ2n) is 3.33. The quantitative estimate of drug-likeness (QED) is 0.623. The van der Waals surface area contributed by atoms with E-state index in [1.54, 1.807) is 13.1 Å². The Morgan fingerprint density at radius 2 is 2.42 bits per heavy atom. The van der Waals surface area contributed by atoms with Gasteiger partial charge in [0.05, 0.1) is 0 Å². The van der Waals surface area contributed by atoms with E-state index >= 15 is 0 Å². The second-order valence-corrected chi connectivity index (χ2v) is 3.33. The standard InChI is InChI=1S/C10H11NO/c1-7(12)9-5-8-3-2-4-11-10(8)6-9/h2-4,9H,5-6H2,1H3. The smallest absolute Gasteiger partial charge is 0.133 e. The summed E-state index contributed by atoms with van der Waals surface area (Å²) in [6, 6.07) is 3.99. The molecule has 0 amide bonds. The molecular weight excluding hydrogens is 150 g/mol. The third kappa shape index (κ3) is 1.13. The van der Waals surface area contributed by atoms with Crippen molar-refractivity contribution in [3.05, 3.63) is 29.6 Å². The van der Waals surface area contributed by atoms with Crippen molar-refractivity contribution < 1.29 is 4.79 Å². The molecule has 0 bridgehead atoms. The van der Waals surface area contributed by atoms with Crippen LogP contribution in [0.4, 0.5) is 0 Å². The van der Waals surface area contributed by atoms with Crippen LogP contribution in [-0.2, 0) is 17.6 Å². The Kier molecular flexibility index (Phi) is 1.68. The highest BCUT2D eigenvalue weighted by Gasteiger charge is 2.24. The molecule has 0 fully saturated rings. The number of ketones is 1. The van der Waals surface area contributed by atoms with Crippen LogP contribution in [0, 0.1) is 5.92 Å². The van der Waals surface area contributed by atoms with Crippen LogP contribution in [0.1, 0.15) is 18.2 Å². The predicted molar refractivity (Wildman–Crippen MR) is 45.8 cm³/mol. The average Bonchev–Trinajstić information content (AvgIpc) is 2.46. The van der Waals surface area contributed by atoms with Gasteiger partial charge in [-0.15, -0.1) is 0 Å². The zero-order valence-electron chi connectivity index (χ0n) is 7.08. The van der Waals surface area contributed by atoms with E-state index in [1.807, 2.05) is 6.07 Å². The van der Waals surface area contributed by atoms with Crippen LogP contribution in [-0.4, -0.2) is 10.8 Å². The number of carbonyl (C=O) groups excluding carboxylic acids is 1. The number of aromatic nitrogens is 1. The van der Waals surface area contributed by atoms with E-state index in [0.29, 0.717) is 0 Å². The highest BCUT2D eigenvalue weighted by atomic mass is 16.1. The summed E-state index contributed by atoms with van der Waals surface area (Å²) in [6.07, 6.45) is 3.52. The summed E-state index contributed by atoms with van der Waals surface area (Å²) >= 11 is 0. The van der Waals surface area contributed by atoms with Gasteiger partial charge in [-0.25, -0.2) is 0 Å². The van der Waals surface area contributed by atoms with E-state index in [0.717, 1.165) is 18.5 Å². The molecule has 12 heavy (non-hydrogen) atoms. The zero-order valence-corrected chi connectivity index (χ0v) is 7.08. The second kappa shape index (κ2) is 2.70. The molecule has 0 radical (unpaired) electrons.